The van der Waals surface area contributed by atoms with E-state index in [9.17, 15) is 19.2 Å². The standard InChI is InChI=1S/C30H39FN4O7/c1-16-13-35(23-11-30(3,4)12-24(37)27(16)23)19-8-21(31)28(29(32)39)22(9-19)33-18-7-26(40-15-18)42-25(38)10-20(14-34(5)6)41-17(2)36/h8-9,13,18,20,26,33H,7,10-12,14-15H2,1-6H3,(H2,32,39). The first-order valence-corrected chi connectivity index (χ1v) is 13.9. The van der Waals surface area contributed by atoms with Crippen molar-refractivity contribution in [3.05, 3.63) is 46.5 Å². The molecule has 42 heavy (non-hydrogen) atoms. The van der Waals surface area contributed by atoms with Gasteiger partial charge in [0.1, 0.15) is 11.9 Å². The third kappa shape index (κ3) is 7.16. The SMILES string of the molecule is CC(=O)OC(CC(=O)OC1CC(Nc2cc(-n3cc(C)c4c3CC(C)(C)CC4=O)cc(F)c2C(N)=O)CO1)CN(C)C. The van der Waals surface area contributed by atoms with Gasteiger partial charge in [0.25, 0.3) is 5.91 Å². The van der Waals surface area contributed by atoms with Gasteiger partial charge in [-0.05, 0) is 50.6 Å². The number of fused-ring (bicyclic) bond motifs is 1. The molecule has 4 rings (SSSR count). The summed E-state index contributed by atoms with van der Waals surface area (Å²) >= 11 is 0. The Morgan fingerprint density at radius 3 is 2.62 bits per heavy atom. The number of aryl methyl sites for hydroxylation is 1. The fourth-order valence-corrected chi connectivity index (χ4v) is 5.76. The number of amides is 1. The number of nitrogens with zero attached hydrogens (tertiary/aromatic N) is 2. The summed E-state index contributed by atoms with van der Waals surface area (Å²) in [5, 5.41) is 3.14. The molecule has 1 aliphatic heterocycles. The minimum absolute atomic E-state index is 0.0506. The highest BCUT2D eigenvalue weighted by molar-refractivity contribution is 6.01. The normalized spacial score (nSPS) is 20.2. The van der Waals surface area contributed by atoms with Gasteiger partial charge in [-0.25, -0.2) is 4.39 Å². The van der Waals surface area contributed by atoms with E-state index in [1.807, 2.05) is 20.8 Å². The summed E-state index contributed by atoms with van der Waals surface area (Å²) in [6.45, 7) is 7.63. The van der Waals surface area contributed by atoms with E-state index in [-0.39, 0.29) is 41.9 Å². The summed E-state index contributed by atoms with van der Waals surface area (Å²) in [7, 11) is 3.59. The van der Waals surface area contributed by atoms with Gasteiger partial charge in [-0.15, -0.1) is 0 Å². The highest BCUT2D eigenvalue weighted by Crippen LogP contribution is 2.39. The second-order valence-corrected chi connectivity index (χ2v) is 12.2. The smallest absolute Gasteiger partial charge is 0.311 e. The second-order valence-electron chi connectivity index (χ2n) is 12.2. The van der Waals surface area contributed by atoms with E-state index < -0.39 is 42.1 Å². The molecule has 2 aromatic rings. The quantitative estimate of drug-likeness (QED) is 0.402. The molecule has 0 saturated carbocycles. The Morgan fingerprint density at radius 2 is 1.98 bits per heavy atom. The van der Waals surface area contributed by atoms with Crippen LogP contribution in [0.2, 0.25) is 0 Å². The average Bonchev–Trinajstić information content (AvgIpc) is 3.39. The van der Waals surface area contributed by atoms with Crippen LogP contribution >= 0.6 is 0 Å². The van der Waals surface area contributed by atoms with Crippen LogP contribution in [0.1, 0.15) is 72.0 Å². The number of hydrogen-bond donors (Lipinski definition) is 2. The molecule has 3 N–H and O–H groups in total. The van der Waals surface area contributed by atoms with E-state index in [2.05, 4.69) is 5.32 Å². The van der Waals surface area contributed by atoms with Crippen LogP contribution in [0.25, 0.3) is 5.69 Å². The maximum atomic E-state index is 15.4. The topological polar surface area (TPSA) is 142 Å². The van der Waals surface area contributed by atoms with E-state index in [0.29, 0.717) is 30.6 Å². The van der Waals surface area contributed by atoms with E-state index in [1.54, 1.807) is 35.8 Å². The zero-order valence-corrected chi connectivity index (χ0v) is 24.9. The molecule has 2 aliphatic rings. The van der Waals surface area contributed by atoms with Crippen LogP contribution in [0.15, 0.2) is 18.3 Å². The summed E-state index contributed by atoms with van der Waals surface area (Å²) in [4.78, 5) is 50.9. The lowest BCUT2D eigenvalue weighted by Gasteiger charge is -2.30. The highest BCUT2D eigenvalue weighted by Gasteiger charge is 2.35. The highest BCUT2D eigenvalue weighted by atomic mass is 19.1. The van der Waals surface area contributed by atoms with Gasteiger partial charge < -0.3 is 34.7 Å². The van der Waals surface area contributed by atoms with Crippen molar-refractivity contribution >= 4 is 29.3 Å². The van der Waals surface area contributed by atoms with Crippen LogP contribution in [-0.2, 0) is 30.2 Å². The second kappa shape index (κ2) is 12.2. The minimum Gasteiger partial charge on any atom is -0.461 e. The number of halogens is 1. The van der Waals surface area contributed by atoms with E-state index in [4.69, 9.17) is 19.9 Å². The number of benzene rings is 1. The minimum atomic E-state index is -0.942. The molecule has 1 aromatic carbocycles. The monoisotopic (exact) mass is 586 g/mol. The lowest BCUT2D eigenvalue weighted by atomic mass is 9.75. The Bertz CT molecular complexity index is 1400. The Kier molecular flexibility index (Phi) is 9.07. The van der Waals surface area contributed by atoms with Gasteiger partial charge in [-0.2, -0.15) is 0 Å². The number of aromatic nitrogens is 1. The molecule has 11 nitrogen and oxygen atoms in total. The van der Waals surface area contributed by atoms with Gasteiger partial charge in [-0.3, -0.25) is 19.2 Å². The Labute approximate surface area is 244 Å². The maximum Gasteiger partial charge on any atom is 0.311 e. The number of likely N-dealkylation sites (N-methyl/N-ethyl adjacent to an activating group) is 1. The summed E-state index contributed by atoms with van der Waals surface area (Å²) in [6.07, 6.45) is 1.38. The number of nitrogens with two attached hydrogens (primary N) is 1. The molecule has 228 valence electrons. The molecule has 3 unspecified atom stereocenters. The number of nitrogens with one attached hydrogen (secondary N) is 1. The van der Waals surface area contributed by atoms with Gasteiger partial charge in [0.15, 0.2) is 5.78 Å². The van der Waals surface area contributed by atoms with Crippen LogP contribution in [0.5, 0.6) is 0 Å². The van der Waals surface area contributed by atoms with Crippen LogP contribution in [0.4, 0.5) is 10.1 Å². The molecule has 0 spiro atoms. The number of carbonyl (C=O) groups excluding carboxylic acids is 4. The number of ether oxygens (including phenoxy) is 3. The number of hydrogen-bond acceptors (Lipinski definition) is 9. The maximum absolute atomic E-state index is 15.4. The number of rotatable bonds is 10. The van der Waals surface area contributed by atoms with Gasteiger partial charge in [0.2, 0.25) is 6.29 Å². The number of anilines is 1. The molecular formula is C30H39FN4O7. The van der Waals surface area contributed by atoms with E-state index in [0.717, 1.165) is 11.3 Å². The summed E-state index contributed by atoms with van der Waals surface area (Å²) < 4.78 is 33.5. The van der Waals surface area contributed by atoms with Crippen LogP contribution in [0.3, 0.4) is 0 Å². The van der Waals surface area contributed by atoms with Gasteiger partial charge in [0, 0.05) is 43.8 Å². The number of Topliss-reactive ketones (excluding diaryl/α,β-unsaturated/α-hetero) is 1. The van der Waals surface area contributed by atoms with Gasteiger partial charge >= 0.3 is 11.9 Å². The fraction of sp³-hybridized carbons (Fsp3) is 0.533. The van der Waals surface area contributed by atoms with Crippen molar-refractivity contribution in [1.29, 1.82) is 0 Å². The largest absolute Gasteiger partial charge is 0.461 e. The summed E-state index contributed by atoms with van der Waals surface area (Å²) in [5.41, 5.74) is 7.84. The number of primary amides is 1. The summed E-state index contributed by atoms with van der Waals surface area (Å²) in [5.74, 6) is -2.78. The van der Waals surface area contributed by atoms with Crippen molar-refractivity contribution < 1.29 is 37.8 Å². The van der Waals surface area contributed by atoms with Gasteiger partial charge in [0.05, 0.1) is 36.0 Å². The van der Waals surface area contributed by atoms with Crippen molar-refractivity contribution in [3.8, 4) is 5.69 Å². The fourth-order valence-electron chi connectivity index (χ4n) is 5.76. The van der Waals surface area contributed by atoms with Crippen molar-refractivity contribution in [1.82, 2.24) is 9.47 Å². The molecule has 1 aromatic heterocycles. The molecule has 1 fully saturated rings. The lowest BCUT2D eigenvalue weighted by Crippen LogP contribution is -2.33. The Balaban J connectivity index is 1.52. The number of ketones is 1. The first-order chi connectivity index (χ1) is 19.6. The molecule has 2 heterocycles. The molecule has 12 heteroatoms. The van der Waals surface area contributed by atoms with Crippen LogP contribution in [-0.4, -0.2) is 78.8 Å². The first kappa shape index (κ1) is 31.2. The molecular weight excluding hydrogens is 547 g/mol. The van der Waals surface area contributed by atoms with Crippen molar-refractivity contribution in [2.45, 2.75) is 71.8 Å². The molecule has 0 bridgehead atoms. The zero-order chi connectivity index (χ0) is 30.9. The van der Waals surface area contributed by atoms with Crippen molar-refractivity contribution in [3.63, 3.8) is 0 Å². The molecule has 1 aliphatic carbocycles. The third-order valence-corrected chi connectivity index (χ3v) is 7.34. The van der Waals surface area contributed by atoms with Gasteiger partial charge in [-0.1, -0.05) is 13.8 Å². The third-order valence-electron chi connectivity index (χ3n) is 7.34. The number of esters is 2. The Morgan fingerprint density at radius 1 is 1.26 bits per heavy atom. The molecule has 1 amide bonds. The van der Waals surface area contributed by atoms with E-state index >= 15 is 4.39 Å². The predicted octanol–water partition coefficient (Wildman–Crippen LogP) is 3.13. The predicted molar refractivity (Wildman–Crippen MR) is 152 cm³/mol. The lowest BCUT2D eigenvalue weighted by molar-refractivity contribution is -0.173. The van der Waals surface area contributed by atoms with Crippen LogP contribution in [0, 0.1) is 18.2 Å². The number of carbonyl (C=O) groups is 4. The first-order valence-electron chi connectivity index (χ1n) is 13.9. The van der Waals surface area contributed by atoms with Crippen molar-refractivity contribution in [2.24, 2.45) is 11.1 Å². The molecule has 0 radical (unpaired) electrons. The summed E-state index contributed by atoms with van der Waals surface area (Å²) in [6, 6.07) is 2.43. The Hall–Kier alpha value is -3.77. The van der Waals surface area contributed by atoms with Crippen molar-refractivity contribution in [2.75, 3.05) is 32.6 Å². The van der Waals surface area contributed by atoms with Crippen LogP contribution < -0.4 is 11.1 Å². The van der Waals surface area contributed by atoms with E-state index in [1.165, 1.54) is 13.0 Å². The molecule has 1 saturated heterocycles. The average molecular weight is 587 g/mol. The molecule has 3 atom stereocenters. The zero-order valence-electron chi connectivity index (χ0n) is 24.9.